The van der Waals surface area contributed by atoms with E-state index in [-0.39, 0.29) is 4.90 Å². The van der Waals surface area contributed by atoms with E-state index < -0.39 is 10.0 Å². The fraction of sp³-hybridized carbons (Fsp3) is 0. The maximum absolute atomic E-state index is 13.8. The molecule has 0 aliphatic heterocycles. The zero-order valence-electron chi connectivity index (χ0n) is 15.8. The molecule has 0 atom stereocenters. The number of benzene rings is 3. The molecule has 0 spiro atoms. The summed E-state index contributed by atoms with van der Waals surface area (Å²) >= 11 is 7.38. The molecule has 2 aromatic heterocycles. The molecular formula is C22H14ClN3O3S2. The number of fused-ring (bicyclic) bond motifs is 1. The molecule has 0 fully saturated rings. The predicted molar refractivity (Wildman–Crippen MR) is 122 cm³/mol. The van der Waals surface area contributed by atoms with Crippen LogP contribution in [0.4, 0.5) is 10.8 Å². The Balaban J connectivity index is 1.68. The van der Waals surface area contributed by atoms with Gasteiger partial charge in [-0.25, -0.2) is 17.7 Å². The highest BCUT2D eigenvalue weighted by molar-refractivity contribution is 7.93. The van der Waals surface area contributed by atoms with Crippen LogP contribution in [-0.4, -0.2) is 18.6 Å². The van der Waals surface area contributed by atoms with Crippen molar-refractivity contribution in [2.75, 3.05) is 4.31 Å². The van der Waals surface area contributed by atoms with Crippen molar-refractivity contribution >= 4 is 54.0 Å². The van der Waals surface area contributed by atoms with Gasteiger partial charge in [0.25, 0.3) is 10.0 Å². The molecule has 6 nitrogen and oxygen atoms in total. The van der Waals surface area contributed by atoms with Gasteiger partial charge in [-0.2, -0.15) is 0 Å². The second-order valence-corrected chi connectivity index (χ2v) is 9.86. The number of halogens is 1. The molecule has 31 heavy (non-hydrogen) atoms. The van der Waals surface area contributed by atoms with Gasteiger partial charge in [-0.15, -0.1) is 0 Å². The summed E-state index contributed by atoms with van der Waals surface area (Å²) in [5.74, 6) is 0. The monoisotopic (exact) mass is 467 g/mol. The first kappa shape index (κ1) is 19.7. The maximum Gasteiger partial charge on any atom is 0.270 e. The van der Waals surface area contributed by atoms with Crippen LogP contribution in [0.5, 0.6) is 0 Å². The van der Waals surface area contributed by atoms with Crippen LogP contribution in [0.3, 0.4) is 0 Å². The zero-order valence-corrected chi connectivity index (χ0v) is 18.2. The lowest BCUT2D eigenvalue weighted by Crippen LogP contribution is -2.26. The molecule has 3 aromatic carbocycles. The second kappa shape index (κ2) is 7.81. The van der Waals surface area contributed by atoms with E-state index in [0.29, 0.717) is 32.6 Å². The van der Waals surface area contributed by atoms with Crippen molar-refractivity contribution in [2.45, 2.75) is 4.90 Å². The molecule has 5 rings (SSSR count). The Bertz CT molecular complexity index is 1470. The van der Waals surface area contributed by atoms with Crippen molar-refractivity contribution in [3.63, 3.8) is 0 Å². The van der Waals surface area contributed by atoms with Gasteiger partial charge < -0.3 is 4.52 Å². The minimum Gasteiger partial charge on any atom is -0.364 e. The Morgan fingerprint density at radius 1 is 0.935 bits per heavy atom. The summed E-state index contributed by atoms with van der Waals surface area (Å²) in [4.78, 5) is 4.69. The molecule has 0 unspecified atom stereocenters. The topological polar surface area (TPSA) is 76.3 Å². The first-order chi connectivity index (χ1) is 15.0. The molecule has 0 radical (unpaired) electrons. The largest absolute Gasteiger partial charge is 0.364 e. The summed E-state index contributed by atoms with van der Waals surface area (Å²) < 4.78 is 34.6. The number of rotatable bonds is 5. The number of nitrogens with zero attached hydrogens (tertiary/aromatic N) is 3. The number of thiazole rings is 1. The van der Waals surface area contributed by atoms with Gasteiger partial charge in [0.15, 0.2) is 0 Å². The average molecular weight is 468 g/mol. The Labute approximate surface area is 187 Å². The Hall–Kier alpha value is -3.20. The third-order valence-corrected chi connectivity index (χ3v) is 7.69. The molecule has 0 aliphatic rings. The van der Waals surface area contributed by atoms with Gasteiger partial charge >= 0.3 is 0 Å². The smallest absolute Gasteiger partial charge is 0.270 e. The highest BCUT2D eigenvalue weighted by Gasteiger charge is 2.30. The highest BCUT2D eigenvalue weighted by atomic mass is 35.5. The van der Waals surface area contributed by atoms with Crippen LogP contribution >= 0.6 is 22.9 Å². The normalized spacial score (nSPS) is 11.6. The van der Waals surface area contributed by atoms with Gasteiger partial charge in [0.05, 0.1) is 20.8 Å². The molecule has 5 aromatic rings. The van der Waals surface area contributed by atoms with Crippen molar-refractivity contribution in [3.8, 4) is 11.3 Å². The van der Waals surface area contributed by atoms with Crippen molar-refractivity contribution in [1.29, 1.82) is 0 Å². The quantitative estimate of drug-likeness (QED) is 0.310. The summed E-state index contributed by atoms with van der Waals surface area (Å²) in [7, 11) is -3.99. The standard InChI is InChI=1S/C22H14ClN3O3S2/c23-16-9-10-21-20(14-16)24-22(30-21)26(17-6-2-1-3-7-17)31(27,28)18-8-4-5-15(13-18)19-11-12-29-25-19/h1-14H. The summed E-state index contributed by atoms with van der Waals surface area (Å²) in [6.45, 7) is 0. The average Bonchev–Trinajstić information content (AvgIpc) is 3.44. The minimum atomic E-state index is -3.99. The summed E-state index contributed by atoms with van der Waals surface area (Å²) in [6, 6.07) is 22.5. The Kier molecular flexibility index (Phi) is 4.97. The molecule has 0 saturated carbocycles. The van der Waals surface area contributed by atoms with E-state index in [9.17, 15) is 8.42 Å². The minimum absolute atomic E-state index is 0.120. The third kappa shape index (κ3) is 3.69. The van der Waals surface area contributed by atoms with Crippen molar-refractivity contribution in [3.05, 3.63) is 90.1 Å². The van der Waals surface area contributed by atoms with Gasteiger partial charge in [-0.3, -0.25) is 0 Å². The molecule has 0 aliphatic carbocycles. The molecule has 0 bridgehead atoms. The van der Waals surface area contributed by atoms with Crippen LogP contribution in [0.2, 0.25) is 5.02 Å². The van der Waals surface area contributed by atoms with Crippen molar-refractivity contribution in [2.24, 2.45) is 0 Å². The van der Waals surface area contributed by atoms with Crippen LogP contribution in [0.25, 0.3) is 21.5 Å². The van der Waals surface area contributed by atoms with E-state index in [2.05, 4.69) is 10.1 Å². The van der Waals surface area contributed by atoms with Crippen LogP contribution < -0.4 is 4.31 Å². The fourth-order valence-corrected chi connectivity index (χ4v) is 6.00. The van der Waals surface area contributed by atoms with Crippen LogP contribution in [-0.2, 0) is 10.0 Å². The van der Waals surface area contributed by atoms with E-state index in [1.165, 1.54) is 21.9 Å². The number of hydrogen-bond acceptors (Lipinski definition) is 6. The van der Waals surface area contributed by atoms with E-state index in [0.717, 1.165) is 4.70 Å². The number of hydrogen-bond donors (Lipinski definition) is 0. The van der Waals surface area contributed by atoms with Crippen LogP contribution in [0.1, 0.15) is 0 Å². The first-order valence-electron chi connectivity index (χ1n) is 9.20. The molecule has 0 N–H and O–H groups in total. The van der Waals surface area contributed by atoms with Crippen LogP contribution in [0, 0.1) is 0 Å². The second-order valence-electron chi connectivity index (χ2n) is 6.63. The lowest BCUT2D eigenvalue weighted by atomic mass is 10.2. The Morgan fingerprint density at radius 2 is 1.77 bits per heavy atom. The van der Waals surface area contributed by atoms with E-state index in [1.54, 1.807) is 66.7 Å². The lowest BCUT2D eigenvalue weighted by molar-refractivity contribution is 0.422. The van der Waals surface area contributed by atoms with Gasteiger partial charge in [0.1, 0.15) is 12.0 Å². The molecule has 9 heteroatoms. The van der Waals surface area contributed by atoms with Gasteiger partial charge in [0, 0.05) is 16.7 Å². The first-order valence-corrected chi connectivity index (χ1v) is 11.8. The molecule has 154 valence electrons. The molecular weight excluding hydrogens is 454 g/mol. The maximum atomic E-state index is 13.8. The fourth-order valence-electron chi connectivity index (χ4n) is 3.17. The van der Waals surface area contributed by atoms with Crippen LogP contribution in [0.15, 0.2) is 94.5 Å². The molecule has 0 saturated heterocycles. The SMILES string of the molecule is O=S(=O)(c1cccc(-c2ccon2)c1)N(c1ccccc1)c1nc2cc(Cl)ccc2s1. The van der Waals surface area contributed by atoms with E-state index in [1.807, 2.05) is 12.1 Å². The lowest BCUT2D eigenvalue weighted by Gasteiger charge is -2.22. The molecule has 0 amide bonds. The number of aromatic nitrogens is 2. The summed E-state index contributed by atoms with van der Waals surface area (Å²) in [5.41, 5.74) is 2.32. The van der Waals surface area contributed by atoms with E-state index in [4.69, 9.17) is 16.1 Å². The van der Waals surface area contributed by atoms with Crippen molar-refractivity contribution in [1.82, 2.24) is 10.1 Å². The predicted octanol–water partition coefficient (Wildman–Crippen LogP) is 6.13. The zero-order chi connectivity index (χ0) is 21.4. The van der Waals surface area contributed by atoms with Gasteiger partial charge in [0.2, 0.25) is 5.13 Å². The number of sulfonamides is 1. The third-order valence-electron chi connectivity index (χ3n) is 4.61. The van der Waals surface area contributed by atoms with E-state index >= 15 is 0 Å². The Morgan fingerprint density at radius 3 is 2.55 bits per heavy atom. The van der Waals surface area contributed by atoms with Gasteiger partial charge in [-0.1, -0.05) is 58.4 Å². The molecule has 2 heterocycles. The summed E-state index contributed by atoms with van der Waals surface area (Å²) in [5, 5.41) is 4.77. The number of anilines is 2. The number of para-hydroxylation sites is 1. The van der Waals surface area contributed by atoms with Gasteiger partial charge in [-0.05, 0) is 42.5 Å². The highest BCUT2D eigenvalue weighted by Crippen LogP contribution is 2.38. The summed E-state index contributed by atoms with van der Waals surface area (Å²) in [6.07, 6.45) is 1.44. The van der Waals surface area contributed by atoms with Crippen molar-refractivity contribution < 1.29 is 12.9 Å².